The molecular weight excluding hydrogens is 326 g/mol. The summed E-state index contributed by atoms with van der Waals surface area (Å²) in [6.45, 7) is 2.01. The molecule has 0 radical (unpaired) electrons. The van der Waals surface area contributed by atoms with Gasteiger partial charge in [-0.05, 0) is 25.0 Å². The Kier molecular flexibility index (Phi) is 4.13. The van der Waals surface area contributed by atoms with E-state index in [1.807, 2.05) is 61.5 Å². The van der Waals surface area contributed by atoms with E-state index in [-0.39, 0.29) is 24.1 Å². The number of carbonyl (C=O) groups is 1. The molecule has 0 bridgehead atoms. The van der Waals surface area contributed by atoms with Crippen molar-refractivity contribution in [3.05, 3.63) is 82.9 Å². The Morgan fingerprint density at radius 2 is 1.85 bits per heavy atom. The number of nitrogens with zero attached hydrogens (tertiary/aromatic N) is 3. The summed E-state index contributed by atoms with van der Waals surface area (Å²) < 4.78 is 1.36. The fourth-order valence-corrected chi connectivity index (χ4v) is 3.48. The van der Waals surface area contributed by atoms with Crippen LogP contribution in [0.25, 0.3) is 11.3 Å². The van der Waals surface area contributed by atoms with E-state index in [0.717, 1.165) is 17.7 Å². The zero-order valence-corrected chi connectivity index (χ0v) is 14.5. The van der Waals surface area contributed by atoms with Crippen LogP contribution >= 0.6 is 0 Å². The maximum Gasteiger partial charge on any atom is 0.254 e. The first kappa shape index (κ1) is 16.3. The molecule has 3 aromatic rings. The van der Waals surface area contributed by atoms with Crippen LogP contribution in [0, 0.1) is 0 Å². The summed E-state index contributed by atoms with van der Waals surface area (Å²) in [6.07, 6.45) is 2.29. The Morgan fingerprint density at radius 1 is 1.12 bits per heavy atom. The molecule has 130 valence electrons. The topological polar surface area (TPSA) is 55.2 Å². The molecule has 5 heteroatoms. The number of benzene rings is 2. The number of amides is 1. The van der Waals surface area contributed by atoms with Gasteiger partial charge in [-0.25, -0.2) is 4.98 Å². The molecule has 1 amide bonds. The van der Waals surface area contributed by atoms with E-state index in [4.69, 9.17) is 0 Å². The average molecular weight is 345 g/mol. The minimum absolute atomic E-state index is 0.0143. The molecule has 1 aliphatic heterocycles. The fraction of sp³-hybridized carbons (Fsp3) is 0.190. The largest absolute Gasteiger partial charge is 0.307 e. The van der Waals surface area contributed by atoms with Crippen LogP contribution in [0.2, 0.25) is 0 Å². The van der Waals surface area contributed by atoms with Crippen LogP contribution in [0.5, 0.6) is 0 Å². The second-order valence-electron chi connectivity index (χ2n) is 6.55. The Bertz CT molecular complexity index is 1010. The maximum absolute atomic E-state index is 12.8. The molecule has 0 N–H and O–H groups in total. The van der Waals surface area contributed by atoms with E-state index >= 15 is 0 Å². The zero-order chi connectivity index (χ0) is 18.1. The van der Waals surface area contributed by atoms with Gasteiger partial charge >= 0.3 is 0 Å². The molecule has 2 heterocycles. The van der Waals surface area contributed by atoms with Crippen LogP contribution in [-0.4, -0.2) is 21.5 Å². The third-order valence-corrected chi connectivity index (χ3v) is 4.73. The smallest absolute Gasteiger partial charge is 0.254 e. The molecular formula is C21H19N3O2. The number of carbonyl (C=O) groups excluding carboxylic acids is 1. The van der Waals surface area contributed by atoms with Gasteiger partial charge in [-0.1, -0.05) is 48.5 Å². The standard InChI is InChI=1S/C21H19N3O2/c1-15-11-17-9-5-6-10-19(17)24(15)21(26)13-23-14-22-18(12-20(23)25)16-7-3-2-4-8-16/h2-10,12,14-15H,11,13H2,1H3/t15-/m0/s1. The molecule has 1 atom stereocenters. The van der Waals surface area contributed by atoms with Gasteiger partial charge in [-0.2, -0.15) is 0 Å². The first-order valence-electron chi connectivity index (χ1n) is 8.65. The van der Waals surface area contributed by atoms with Gasteiger partial charge in [0.15, 0.2) is 0 Å². The van der Waals surface area contributed by atoms with E-state index < -0.39 is 0 Å². The Hall–Kier alpha value is -3.21. The van der Waals surface area contributed by atoms with Crippen molar-refractivity contribution in [2.45, 2.75) is 25.9 Å². The van der Waals surface area contributed by atoms with Crippen LogP contribution in [0.4, 0.5) is 5.69 Å². The van der Waals surface area contributed by atoms with Gasteiger partial charge in [0.05, 0.1) is 12.0 Å². The van der Waals surface area contributed by atoms with Crippen molar-refractivity contribution in [2.24, 2.45) is 0 Å². The summed E-state index contributed by atoms with van der Waals surface area (Å²) in [5, 5.41) is 0. The summed E-state index contributed by atoms with van der Waals surface area (Å²) in [5.74, 6) is -0.0983. The molecule has 1 aliphatic rings. The third kappa shape index (κ3) is 2.92. The van der Waals surface area contributed by atoms with Crippen LogP contribution in [0.15, 0.2) is 71.8 Å². The lowest BCUT2D eigenvalue weighted by Gasteiger charge is -2.23. The number of hydrogen-bond donors (Lipinski definition) is 0. The molecule has 0 unspecified atom stereocenters. The minimum Gasteiger partial charge on any atom is -0.307 e. The normalized spacial score (nSPS) is 15.7. The summed E-state index contributed by atoms with van der Waals surface area (Å²) in [7, 11) is 0. The molecule has 0 spiro atoms. The van der Waals surface area contributed by atoms with Gasteiger partial charge in [0.25, 0.3) is 5.56 Å². The van der Waals surface area contributed by atoms with Crippen molar-refractivity contribution in [3.63, 3.8) is 0 Å². The van der Waals surface area contributed by atoms with Crippen molar-refractivity contribution < 1.29 is 4.79 Å². The number of anilines is 1. The highest BCUT2D eigenvalue weighted by atomic mass is 16.2. The number of fused-ring (bicyclic) bond motifs is 1. The molecule has 0 aliphatic carbocycles. The van der Waals surface area contributed by atoms with Gasteiger partial charge in [0.1, 0.15) is 6.54 Å². The van der Waals surface area contributed by atoms with Crippen LogP contribution < -0.4 is 10.5 Å². The maximum atomic E-state index is 12.8. The highest BCUT2D eigenvalue weighted by Crippen LogP contribution is 2.31. The zero-order valence-electron chi connectivity index (χ0n) is 14.5. The van der Waals surface area contributed by atoms with Crippen molar-refractivity contribution in [2.75, 3.05) is 4.90 Å². The van der Waals surface area contributed by atoms with Crippen LogP contribution in [0.3, 0.4) is 0 Å². The van der Waals surface area contributed by atoms with Crippen LogP contribution in [0.1, 0.15) is 12.5 Å². The summed E-state index contributed by atoms with van der Waals surface area (Å²) in [6, 6.07) is 19.0. The molecule has 4 rings (SSSR count). The Balaban J connectivity index is 1.58. The first-order valence-corrected chi connectivity index (χ1v) is 8.65. The molecule has 1 aromatic heterocycles. The SMILES string of the molecule is C[C@H]1Cc2ccccc2N1C(=O)Cn1cnc(-c2ccccc2)cc1=O. The van der Waals surface area contributed by atoms with Gasteiger partial charge in [0.2, 0.25) is 5.91 Å². The average Bonchev–Trinajstić information content (AvgIpc) is 3.00. The molecule has 2 aromatic carbocycles. The highest BCUT2D eigenvalue weighted by Gasteiger charge is 2.30. The lowest BCUT2D eigenvalue weighted by Crippen LogP contribution is -2.39. The molecule has 0 saturated carbocycles. The van der Waals surface area contributed by atoms with E-state index in [2.05, 4.69) is 4.98 Å². The first-order chi connectivity index (χ1) is 12.6. The van der Waals surface area contributed by atoms with Crippen molar-refractivity contribution >= 4 is 11.6 Å². The summed E-state index contributed by atoms with van der Waals surface area (Å²) in [5.41, 5.74) is 3.36. The predicted octanol–water partition coefficient (Wildman–Crippen LogP) is 2.89. The van der Waals surface area contributed by atoms with Crippen molar-refractivity contribution in [1.29, 1.82) is 0 Å². The number of aromatic nitrogens is 2. The minimum atomic E-state index is -0.229. The molecule has 0 fully saturated rings. The highest BCUT2D eigenvalue weighted by molar-refractivity contribution is 5.96. The lowest BCUT2D eigenvalue weighted by atomic mass is 10.1. The quantitative estimate of drug-likeness (QED) is 0.733. The van der Waals surface area contributed by atoms with Gasteiger partial charge < -0.3 is 4.90 Å². The fourth-order valence-electron chi connectivity index (χ4n) is 3.48. The van der Waals surface area contributed by atoms with E-state index in [1.54, 1.807) is 4.90 Å². The van der Waals surface area contributed by atoms with Gasteiger partial charge in [0, 0.05) is 23.4 Å². The van der Waals surface area contributed by atoms with E-state index in [1.165, 1.54) is 22.5 Å². The van der Waals surface area contributed by atoms with E-state index in [9.17, 15) is 9.59 Å². The van der Waals surface area contributed by atoms with Gasteiger partial charge in [-0.3, -0.25) is 14.2 Å². The summed E-state index contributed by atoms with van der Waals surface area (Å²) in [4.78, 5) is 31.4. The number of para-hydroxylation sites is 1. The second kappa shape index (κ2) is 6.59. The lowest BCUT2D eigenvalue weighted by molar-refractivity contribution is -0.119. The number of rotatable bonds is 3. The molecule has 5 nitrogen and oxygen atoms in total. The summed E-state index contributed by atoms with van der Waals surface area (Å²) >= 11 is 0. The van der Waals surface area contributed by atoms with Gasteiger partial charge in [-0.15, -0.1) is 0 Å². The van der Waals surface area contributed by atoms with Crippen LogP contribution in [-0.2, 0) is 17.8 Å². The molecule has 0 saturated heterocycles. The van der Waals surface area contributed by atoms with E-state index in [0.29, 0.717) is 5.69 Å². The predicted molar refractivity (Wildman–Crippen MR) is 101 cm³/mol. The Morgan fingerprint density at radius 3 is 2.62 bits per heavy atom. The number of hydrogen-bond acceptors (Lipinski definition) is 3. The third-order valence-electron chi connectivity index (χ3n) is 4.73. The molecule has 26 heavy (non-hydrogen) atoms. The Labute approximate surface area is 151 Å². The van der Waals surface area contributed by atoms with Crippen molar-refractivity contribution in [3.8, 4) is 11.3 Å². The van der Waals surface area contributed by atoms with Crippen molar-refractivity contribution in [1.82, 2.24) is 9.55 Å². The second-order valence-corrected chi connectivity index (χ2v) is 6.55. The monoisotopic (exact) mass is 345 g/mol.